The van der Waals surface area contributed by atoms with Gasteiger partial charge in [0.1, 0.15) is 29.1 Å². The number of carbonyl (C=O) groups is 1. The number of benzene rings is 3. The highest BCUT2D eigenvalue weighted by Gasteiger charge is 2.27. The second-order valence-electron chi connectivity index (χ2n) is 6.85. The quantitative estimate of drug-likeness (QED) is 0.507. The summed E-state index contributed by atoms with van der Waals surface area (Å²) >= 11 is 0. The van der Waals surface area contributed by atoms with Crippen molar-refractivity contribution in [2.75, 3.05) is 11.9 Å². The van der Waals surface area contributed by atoms with Crippen molar-refractivity contribution in [1.29, 1.82) is 0 Å². The smallest absolute Gasteiger partial charge is 0.243 e. The lowest BCUT2D eigenvalue weighted by Crippen LogP contribution is -2.45. The van der Waals surface area contributed by atoms with E-state index in [1.54, 1.807) is 37.3 Å². The fourth-order valence-corrected chi connectivity index (χ4v) is 4.20. The van der Waals surface area contributed by atoms with Gasteiger partial charge in [0.25, 0.3) is 0 Å². The Hall–Kier alpha value is -3.30. The molecule has 1 unspecified atom stereocenters. The largest absolute Gasteiger partial charge is 0.494 e. The topological polar surface area (TPSA) is 84.5 Å². The zero-order valence-electron chi connectivity index (χ0n) is 17.2. The van der Waals surface area contributed by atoms with Crippen LogP contribution >= 0.6 is 0 Å². The number of carbonyl (C=O) groups excluding carboxylic acids is 1. The van der Waals surface area contributed by atoms with Gasteiger partial charge in [0.2, 0.25) is 15.9 Å². The van der Waals surface area contributed by atoms with Gasteiger partial charge in [0.05, 0.1) is 11.5 Å². The Morgan fingerprint density at radius 3 is 2.16 bits per heavy atom. The summed E-state index contributed by atoms with van der Waals surface area (Å²) in [4.78, 5) is 12.8. The molecule has 0 fully saturated rings. The van der Waals surface area contributed by atoms with Crippen LogP contribution in [-0.4, -0.2) is 27.0 Å². The van der Waals surface area contributed by atoms with Crippen LogP contribution in [0.25, 0.3) is 0 Å². The highest BCUT2D eigenvalue weighted by Crippen LogP contribution is 2.20. The molecule has 2 N–H and O–H groups in total. The monoisotopic (exact) mass is 460 g/mol. The van der Waals surface area contributed by atoms with E-state index in [9.17, 15) is 22.0 Å². The molecule has 1 atom stereocenters. The van der Waals surface area contributed by atoms with Gasteiger partial charge in [-0.25, -0.2) is 17.2 Å². The second kappa shape index (κ2) is 10.3. The first-order chi connectivity index (χ1) is 15.3. The zero-order valence-corrected chi connectivity index (χ0v) is 18.0. The molecule has 0 radical (unpaired) electrons. The van der Waals surface area contributed by atoms with E-state index in [0.29, 0.717) is 17.9 Å². The van der Waals surface area contributed by atoms with Crippen LogP contribution in [0.2, 0.25) is 0 Å². The number of ether oxygens (including phenoxy) is 1. The molecule has 0 aliphatic rings. The van der Waals surface area contributed by atoms with Crippen LogP contribution in [-0.2, 0) is 21.2 Å². The van der Waals surface area contributed by atoms with E-state index in [-0.39, 0.29) is 11.3 Å². The van der Waals surface area contributed by atoms with Crippen LogP contribution in [0.5, 0.6) is 5.75 Å². The Morgan fingerprint density at radius 2 is 1.56 bits per heavy atom. The lowest BCUT2D eigenvalue weighted by atomic mass is 10.1. The maximum absolute atomic E-state index is 14.0. The number of amides is 1. The number of para-hydroxylation sites is 1. The van der Waals surface area contributed by atoms with Gasteiger partial charge in [-0.15, -0.1) is 0 Å². The average Bonchev–Trinajstić information content (AvgIpc) is 2.77. The number of sulfonamides is 1. The van der Waals surface area contributed by atoms with E-state index in [0.717, 1.165) is 18.2 Å². The number of nitrogens with one attached hydrogen (secondary N) is 2. The summed E-state index contributed by atoms with van der Waals surface area (Å²) in [5.41, 5.74) is 0.0203. The zero-order chi connectivity index (χ0) is 23.1. The van der Waals surface area contributed by atoms with Crippen molar-refractivity contribution in [1.82, 2.24) is 4.72 Å². The van der Waals surface area contributed by atoms with Crippen LogP contribution in [0.1, 0.15) is 12.5 Å². The minimum Gasteiger partial charge on any atom is -0.494 e. The molecule has 6 nitrogen and oxygen atoms in total. The predicted octanol–water partition coefficient (Wildman–Crippen LogP) is 3.89. The van der Waals surface area contributed by atoms with Crippen molar-refractivity contribution in [3.63, 3.8) is 0 Å². The summed E-state index contributed by atoms with van der Waals surface area (Å²) in [5.74, 6) is -2.33. The van der Waals surface area contributed by atoms with Crippen molar-refractivity contribution in [3.05, 3.63) is 90.0 Å². The van der Waals surface area contributed by atoms with Crippen LogP contribution < -0.4 is 14.8 Å². The Morgan fingerprint density at radius 1 is 0.938 bits per heavy atom. The van der Waals surface area contributed by atoms with Gasteiger partial charge in [-0.1, -0.05) is 36.4 Å². The van der Waals surface area contributed by atoms with Gasteiger partial charge < -0.3 is 10.1 Å². The number of hydrogen-bond donors (Lipinski definition) is 2. The van der Waals surface area contributed by atoms with Gasteiger partial charge in [-0.2, -0.15) is 4.72 Å². The number of anilines is 1. The third kappa shape index (κ3) is 5.89. The van der Waals surface area contributed by atoms with E-state index in [1.165, 1.54) is 24.3 Å². The van der Waals surface area contributed by atoms with Crippen molar-refractivity contribution < 1.29 is 26.7 Å². The highest BCUT2D eigenvalue weighted by atomic mass is 32.2. The van der Waals surface area contributed by atoms with Gasteiger partial charge in [0, 0.05) is 0 Å². The van der Waals surface area contributed by atoms with E-state index in [4.69, 9.17) is 4.74 Å². The molecule has 0 aliphatic carbocycles. The van der Waals surface area contributed by atoms with Crippen LogP contribution in [0.15, 0.2) is 77.7 Å². The Bertz CT molecular complexity index is 1150. The number of halogens is 2. The highest BCUT2D eigenvalue weighted by molar-refractivity contribution is 7.89. The molecule has 0 aliphatic heterocycles. The van der Waals surface area contributed by atoms with Crippen molar-refractivity contribution in [2.45, 2.75) is 24.3 Å². The average molecular weight is 461 g/mol. The summed E-state index contributed by atoms with van der Waals surface area (Å²) in [7, 11) is -4.12. The fraction of sp³-hybridized carbons (Fsp3) is 0.174. The number of rotatable bonds is 9. The van der Waals surface area contributed by atoms with E-state index in [1.807, 2.05) is 0 Å². The van der Waals surface area contributed by atoms with Gasteiger partial charge >= 0.3 is 0 Å². The first kappa shape index (κ1) is 23.4. The molecular formula is C23H22F2N2O4S. The van der Waals surface area contributed by atoms with E-state index < -0.39 is 39.3 Å². The molecule has 3 rings (SSSR count). The molecule has 0 saturated carbocycles. The van der Waals surface area contributed by atoms with Crippen molar-refractivity contribution in [2.24, 2.45) is 0 Å². The predicted molar refractivity (Wildman–Crippen MR) is 117 cm³/mol. The Balaban J connectivity index is 1.87. The summed E-state index contributed by atoms with van der Waals surface area (Å²) in [5, 5.41) is 2.16. The van der Waals surface area contributed by atoms with Crippen LogP contribution in [0.4, 0.5) is 14.5 Å². The summed E-state index contributed by atoms with van der Waals surface area (Å²) in [6.45, 7) is 2.23. The molecular weight excluding hydrogens is 438 g/mol. The van der Waals surface area contributed by atoms with Crippen molar-refractivity contribution in [3.8, 4) is 5.75 Å². The molecule has 1 amide bonds. The molecule has 0 heterocycles. The van der Waals surface area contributed by atoms with Gasteiger partial charge in [-0.3, -0.25) is 4.79 Å². The van der Waals surface area contributed by atoms with Crippen molar-refractivity contribution >= 4 is 21.6 Å². The summed E-state index contributed by atoms with van der Waals surface area (Å²) in [6, 6.07) is 16.2. The van der Waals surface area contributed by atoms with Gasteiger partial charge in [-0.05, 0) is 55.3 Å². The lowest BCUT2D eigenvalue weighted by molar-refractivity contribution is -0.117. The standard InChI is InChI=1S/C23H22F2N2O4S/c1-2-31-17-11-13-18(14-12-17)32(29,30)27-21(15-16-7-4-3-5-8-16)23(28)26-22-19(24)9-6-10-20(22)25/h3-14,21,27H,2,15H2,1H3,(H,26,28). The van der Waals surface area contributed by atoms with E-state index in [2.05, 4.69) is 10.0 Å². The normalized spacial score (nSPS) is 12.2. The Labute approximate surface area is 185 Å². The number of hydrogen-bond acceptors (Lipinski definition) is 4. The van der Waals surface area contributed by atoms with Crippen LogP contribution in [0, 0.1) is 11.6 Å². The molecule has 0 spiro atoms. The SMILES string of the molecule is CCOc1ccc(S(=O)(=O)NC(Cc2ccccc2)C(=O)Nc2c(F)cccc2F)cc1. The third-order valence-corrected chi connectivity index (χ3v) is 6.04. The fourth-order valence-electron chi connectivity index (χ4n) is 3.00. The molecule has 168 valence electrons. The molecule has 3 aromatic carbocycles. The molecule has 0 saturated heterocycles. The third-order valence-electron chi connectivity index (χ3n) is 4.55. The Kier molecular flexibility index (Phi) is 7.55. The van der Waals surface area contributed by atoms with Gasteiger partial charge in [0.15, 0.2) is 0 Å². The first-order valence-electron chi connectivity index (χ1n) is 9.84. The summed E-state index contributed by atoms with van der Waals surface area (Å²) in [6.07, 6.45) is -0.0288. The summed E-state index contributed by atoms with van der Waals surface area (Å²) < 4.78 is 61.5. The minimum atomic E-state index is -4.12. The molecule has 32 heavy (non-hydrogen) atoms. The second-order valence-corrected chi connectivity index (χ2v) is 8.57. The molecule has 0 aromatic heterocycles. The molecule has 3 aromatic rings. The molecule has 9 heteroatoms. The maximum Gasteiger partial charge on any atom is 0.243 e. The molecule has 0 bridgehead atoms. The lowest BCUT2D eigenvalue weighted by Gasteiger charge is -2.19. The maximum atomic E-state index is 14.0. The van der Waals surface area contributed by atoms with E-state index >= 15 is 0 Å². The van der Waals surface area contributed by atoms with Crippen LogP contribution in [0.3, 0.4) is 0 Å². The minimum absolute atomic E-state index is 0.0288. The first-order valence-corrected chi connectivity index (χ1v) is 11.3.